The number of carboxylic acids is 1. The van der Waals surface area contributed by atoms with Crippen molar-refractivity contribution in [2.45, 2.75) is 44.0 Å². The maximum Gasteiger partial charge on any atom is 0.335 e. The van der Waals surface area contributed by atoms with E-state index < -0.39 is 21.8 Å². The van der Waals surface area contributed by atoms with E-state index in [4.69, 9.17) is 4.98 Å². The van der Waals surface area contributed by atoms with Crippen LogP contribution in [0.25, 0.3) is 27.7 Å². The molecule has 4 aromatic carbocycles. The molecule has 5 aromatic rings. The Kier molecular flexibility index (Phi) is 8.05. The minimum atomic E-state index is -3.67. The quantitative estimate of drug-likeness (QED) is 0.222. The maximum atomic E-state index is 13.8. The van der Waals surface area contributed by atoms with Crippen LogP contribution in [0.5, 0.6) is 0 Å². The first-order chi connectivity index (χ1) is 20.3. The van der Waals surface area contributed by atoms with Gasteiger partial charge in [0.15, 0.2) is 9.84 Å². The number of nitrogens with zero attached hydrogens (tertiary/aromatic N) is 2. The predicted octanol–water partition coefficient (Wildman–Crippen LogP) is 6.13. The standard InChI is InChI=1S/C34H33N3O5S/c1-22(35-21-43(41,42)28-18-14-26(15-19-28)34(2,3)4)31-36-30-11-6-5-10-29(30)32(38)37(31)27-16-12-23(13-17-27)24-8-7-9-25(20-24)33(39)40/h5-20,22,35H,21H2,1-4H3,(H,39,40). The van der Waals surface area contributed by atoms with Gasteiger partial charge in [-0.3, -0.25) is 14.7 Å². The zero-order valence-electron chi connectivity index (χ0n) is 24.4. The van der Waals surface area contributed by atoms with Crippen LogP contribution in [0.2, 0.25) is 0 Å². The van der Waals surface area contributed by atoms with Crippen LogP contribution in [0.4, 0.5) is 0 Å². The lowest BCUT2D eigenvalue weighted by molar-refractivity contribution is 0.0697. The number of hydrogen-bond acceptors (Lipinski definition) is 6. The van der Waals surface area contributed by atoms with Crippen LogP contribution in [0, 0.1) is 0 Å². The van der Waals surface area contributed by atoms with Crippen molar-refractivity contribution in [1.29, 1.82) is 0 Å². The molecule has 0 aliphatic carbocycles. The SMILES string of the molecule is CC(NCS(=O)(=O)c1ccc(C(C)(C)C)cc1)c1nc2ccccc2c(=O)n1-c1ccc(-c2cccc(C(=O)O)c2)cc1. The van der Waals surface area contributed by atoms with Crippen molar-refractivity contribution in [2.75, 3.05) is 5.88 Å². The molecule has 0 amide bonds. The third-order valence-electron chi connectivity index (χ3n) is 7.42. The van der Waals surface area contributed by atoms with Gasteiger partial charge in [-0.2, -0.15) is 0 Å². The first-order valence-corrected chi connectivity index (χ1v) is 15.5. The number of hydrogen-bond donors (Lipinski definition) is 2. The Balaban J connectivity index is 1.48. The van der Waals surface area contributed by atoms with Crippen LogP contribution in [0.1, 0.15) is 55.5 Å². The zero-order chi connectivity index (χ0) is 30.9. The van der Waals surface area contributed by atoms with Crippen molar-refractivity contribution >= 4 is 26.7 Å². The minimum Gasteiger partial charge on any atom is -0.478 e. The number of para-hydroxylation sites is 1. The number of carbonyl (C=O) groups is 1. The van der Waals surface area contributed by atoms with Gasteiger partial charge < -0.3 is 5.11 Å². The van der Waals surface area contributed by atoms with Gasteiger partial charge in [-0.25, -0.2) is 18.2 Å². The fraction of sp³-hybridized carbons (Fsp3) is 0.206. The molecule has 5 rings (SSSR count). The average Bonchev–Trinajstić information content (AvgIpc) is 2.99. The van der Waals surface area contributed by atoms with Gasteiger partial charge in [0, 0.05) is 0 Å². The summed E-state index contributed by atoms with van der Waals surface area (Å²) in [7, 11) is -3.67. The molecule has 1 unspecified atom stereocenters. The van der Waals surface area contributed by atoms with Crippen LogP contribution in [0.3, 0.4) is 0 Å². The van der Waals surface area contributed by atoms with Crippen molar-refractivity contribution < 1.29 is 18.3 Å². The normalized spacial score (nSPS) is 12.7. The van der Waals surface area contributed by atoms with Crippen LogP contribution in [-0.2, 0) is 15.3 Å². The first-order valence-electron chi connectivity index (χ1n) is 13.9. The predicted molar refractivity (Wildman–Crippen MR) is 168 cm³/mol. The second kappa shape index (κ2) is 11.6. The van der Waals surface area contributed by atoms with Crippen molar-refractivity contribution in [1.82, 2.24) is 14.9 Å². The van der Waals surface area contributed by atoms with Gasteiger partial charge in [-0.15, -0.1) is 0 Å². The highest BCUT2D eigenvalue weighted by Crippen LogP contribution is 2.26. The Morgan fingerprint density at radius 3 is 2.23 bits per heavy atom. The molecule has 0 bridgehead atoms. The number of benzene rings is 4. The second-order valence-corrected chi connectivity index (χ2v) is 13.5. The van der Waals surface area contributed by atoms with E-state index in [0.29, 0.717) is 22.4 Å². The van der Waals surface area contributed by atoms with E-state index >= 15 is 0 Å². The highest BCUT2D eigenvalue weighted by Gasteiger charge is 2.22. The summed E-state index contributed by atoms with van der Waals surface area (Å²) in [5.41, 5.74) is 3.41. The molecule has 0 fully saturated rings. The molecule has 0 aliphatic rings. The van der Waals surface area contributed by atoms with Gasteiger partial charge in [0.2, 0.25) is 0 Å². The zero-order valence-corrected chi connectivity index (χ0v) is 25.2. The van der Waals surface area contributed by atoms with Crippen molar-refractivity contribution in [3.05, 3.63) is 124 Å². The summed E-state index contributed by atoms with van der Waals surface area (Å²) in [6, 6.07) is 27.1. The topological polar surface area (TPSA) is 118 Å². The van der Waals surface area contributed by atoms with Gasteiger partial charge in [-0.1, -0.05) is 69.3 Å². The van der Waals surface area contributed by atoms with E-state index in [1.54, 1.807) is 67.6 Å². The van der Waals surface area contributed by atoms with E-state index in [9.17, 15) is 23.1 Å². The van der Waals surface area contributed by atoms with E-state index in [2.05, 4.69) is 26.1 Å². The van der Waals surface area contributed by atoms with Crippen LogP contribution in [0.15, 0.2) is 107 Å². The monoisotopic (exact) mass is 595 g/mol. The highest BCUT2D eigenvalue weighted by molar-refractivity contribution is 7.91. The molecule has 0 saturated heterocycles. The van der Waals surface area contributed by atoms with Crippen LogP contribution in [-0.4, -0.2) is 34.9 Å². The lowest BCUT2D eigenvalue weighted by Crippen LogP contribution is -2.32. The summed E-state index contributed by atoms with van der Waals surface area (Å²) < 4.78 is 27.9. The number of carboxylic acid groups (broad SMARTS) is 1. The third kappa shape index (κ3) is 6.28. The van der Waals surface area contributed by atoms with Crippen LogP contribution < -0.4 is 10.9 Å². The molecule has 0 radical (unpaired) electrons. The Labute approximate surface area is 250 Å². The Morgan fingerprint density at radius 2 is 1.58 bits per heavy atom. The first kappa shape index (κ1) is 29.9. The molecular weight excluding hydrogens is 562 g/mol. The van der Waals surface area contributed by atoms with E-state index in [1.165, 1.54) is 10.6 Å². The van der Waals surface area contributed by atoms with Gasteiger partial charge >= 0.3 is 5.97 Å². The fourth-order valence-corrected chi connectivity index (χ4v) is 6.08. The van der Waals surface area contributed by atoms with Gasteiger partial charge in [0.1, 0.15) is 11.7 Å². The molecule has 0 saturated carbocycles. The molecule has 1 aromatic heterocycles. The number of nitrogens with one attached hydrogen (secondary N) is 1. The van der Waals surface area contributed by atoms with Crippen molar-refractivity contribution in [3.63, 3.8) is 0 Å². The summed E-state index contributed by atoms with van der Waals surface area (Å²) in [6.45, 7) is 7.98. The molecule has 1 heterocycles. The van der Waals surface area contributed by atoms with Gasteiger partial charge in [0.05, 0.1) is 33.1 Å². The third-order valence-corrected chi connectivity index (χ3v) is 8.95. The smallest absolute Gasteiger partial charge is 0.335 e. The largest absolute Gasteiger partial charge is 0.478 e. The average molecular weight is 596 g/mol. The highest BCUT2D eigenvalue weighted by atomic mass is 32.2. The second-order valence-electron chi connectivity index (χ2n) is 11.5. The summed E-state index contributed by atoms with van der Waals surface area (Å²) >= 11 is 0. The Morgan fingerprint density at radius 1 is 0.907 bits per heavy atom. The lowest BCUT2D eigenvalue weighted by atomic mass is 9.87. The summed E-state index contributed by atoms with van der Waals surface area (Å²) in [4.78, 5) is 30.2. The number of fused-ring (bicyclic) bond motifs is 1. The molecule has 0 aliphatic heterocycles. The molecule has 1 atom stereocenters. The summed E-state index contributed by atoms with van der Waals surface area (Å²) in [5, 5.41) is 12.9. The van der Waals surface area contributed by atoms with E-state index in [0.717, 1.165) is 16.7 Å². The molecule has 0 spiro atoms. The Hall–Kier alpha value is -4.60. The van der Waals surface area contributed by atoms with Gasteiger partial charge in [-0.05, 0) is 77.6 Å². The molecule has 43 heavy (non-hydrogen) atoms. The van der Waals surface area contributed by atoms with Gasteiger partial charge in [0.25, 0.3) is 5.56 Å². The maximum absolute atomic E-state index is 13.8. The van der Waals surface area contributed by atoms with E-state index in [-0.39, 0.29) is 27.3 Å². The fourth-order valence-electron chi connectivity index (χ4n) is 4.90. The molecule has 220 valence electrons. The lowest BCUT2D eigenvalue weighted by Gasteiger charge is -2.21. The number of rotatable bonds is 8. The summed E-state index contributed by atoms with van der Waals surface area (Å²) in [5.74, 6) is -0.991. The molecule has 8 nitrogen and oxygen atoms in total. The van der Waals surface area contributed by atoms with E-state index in [1.807, 2.05) is 30.3 Å². The van der Waals surface area contributed by atoms with Crippen LogP contribution >= 0.6 is 0 Å². The summed E-state index contributed by atoms with van der Waals surface area (Å²) in [6.07, 6.45) is 0. The molecule has 2 N–H and O–H groups in total. The van der Waals surface area contributed by atoms with Crippen molar-refractivity contribution in [3.8, 4) is 16.8 Å². The Bertz CT molecular complexity index is 1970. The minimum absolute atomic E-state index is 0.0960. The number of aromatic carboxylic acids is 1. The number of aromatic nitrogens is 2. The number of sulfone groups is 1. The molecular formula is C34H33N3O5S. The van der Waals surface area contributed by atoms with Crippen molar-refractivity contribution in [2.24, 2.45) is 0 Å². The molecule has 9 heteroatoms.